The summed E-state index contributed by atoms with van der Waals surface area (Å²) in [4.78, 5) is 31.0. The van der Waals surface area contributed by atoms with E-state index in [1.165, 1.54) is 25.8 Å². The van der Waals surface area contributed by atoms with Gasteiger partial charge in [0, 0.05) is 21.8 Å². The number of amides is 2. The maximum absolute atomic E-state index is 13.6. The Bertz CT molecular complexity index is 1310. The molecule has 0 aliphatic carbocycles. The van der Waals surface area contributed by atoms with E-state index in [4.69, 9.17) is 0 Å². The van der Waals surface area contributed by atoms with Crippen molar-refractivity contribution in [3.8, 4) is 20.9 Å². The van der Waals surface area contributed by atoms with E-state index in [0.29, 0.717) is 5.69 Å². The fourth-order valence-corrected chi connectivity index (χ4v) is 7.26. The molecule has 4 atom stereocenters. The third-order valence-electron chi connectivity index (χ3n) is 7.17. The molecule has 2 fully saturated rings. The zero-order valence-electron chi connectivity index (χ0n) is 17.6. The molecule has 160 valence electrons. The van der Waals surface area contributed by atoms with Gasteiger partial charge in [-0.05, 0) is 34.4 Å². The summed E-state index contributed by atoms with van der Waals surface area (Å²) in [5.41, 5.74) is 5.38. The zero-order chi connectivity index (χ0) is 22.1. The minimum absolute atomic E-state index is 0.0895. The maximum Gasteiger partial charge on any atom is 0.239 e. The van der Waals surface area contributed by atoms with Crippen molar-refractivity contribution in [2.75, 3.05) is 4.90 Å². The molecule has 2 amide bonds. The molecular formula is C28H20N2O2S. The second-order valence-corrected chi connectivity index (χ2v) is 9.86. The van der Waals surface area contributed by atoms with Crippen LogP contribution in [0.2, 0.25) is 0 Å². The number of thiophene rings is 1. The summed E-state index contributed by atoms with van der Waals surface area (Å²) in [7, 11) is 0. The van der Waals surface area contributed by atoms with Crippen molar-refractivity contribution in [1.29, 1.82) is 0 Å². The van der Waals surface area contributed by atoms with Crippen LogP contribution in [-0.2, 0) is 9.59 Å². The molecule has 3 aliphatic rings. The van der Waals surface area contributed by atoms with Crippen molar-refractivity contribution in [3.63, 3.8) is 0 Å². The lowest BCUT2D eigenvalue weighted by atomic mass is 9.76. The minimum Gasteiger partial charge on any atom is -0.301 e. The van der Waals surface area contributed by atoms with Crippen molar-refractivity contribution in [1.82, 2.24) is 5.32 Å². The average Bonchev–Trinajstić information content (AvgIpc) is 3.60. The number of hydrogen-bond acceptors (Lipinski definition) is 4. The number of nitrogens with one attached hydrogen (secondary N) is 1. The third kappa shape index (κ3) is 2.55. The van der Waals surface area contributed by atoms with Gasteiger partial charge in [0.15, 0.2) is 0 Å². The number of nitrogens with zero attached hydrogens (tertiary/aromatic N) is 1. The Morgan fingerprint density at radius 2 is 1.03 bits per heavy atom. The molecule has 2 saturated heterocycles. The summed E-state index contributed by atoms with van der Waals surface area (Å²) in [6.45, 7) is 0. The number of rotatable bonds is 3. The highest BCUT2D eigenvalue weighted by Crippen LogP contribution is 2.63. The van der Waals surface area contributed by atoms with Gasteiger partial charge in [-0.3, -0.25) is 9.59 Å². The molecule has 4 heterocycles. The average molecular weight is 449 g/mol. The van der Waals surface area contributed by atoms with E-state index in [1.807, 2.05) is 42.5 Å². The molecule has 3 aliphatic heterocycles. The fraction of sp³-hybridized carbons (Fsp3) is 0.143. The van der Waals surface area contributed by atoms with Gasteiger partial charge in [0.2, 0.25) is 11.8 Å². The molecule has 1 N–H and O–H groups in total. The molecule has 1 aromatic heterocycles. The lowest BCUT2D eigenvalue weighted by Gasteiger charge is -2.21. The highest BCUT2D eigenvalue weighted by Gasteiger charge is 2.64. The lowest BCUT2D eigenvalue weighted by Crippen LogP contribution is -2.34. The number of carbonyl (C=O) groups is 2. The van der Waals surface area contributed by atoms with E-state index >= 15 is 0 Å². The van der Waals surface area contributed by atoms with Gasteiger partial charge in [-0.1, -0.05) is 78.9 Å². The predicted octanol–water partition coefficient (Wildman–Crippen LogP) is 5.59. The second-order valence-electron chi connectivity index (χ2n) is 8.84. The number of carbonyl (C=O) groups excluding carboxylic acids is 2. The fourth-order valence-electron chi connectivity index (χ4n) is 5.85. The van der Waals surface area contributed by atoms with Gasteiger partial charge in [0.1, 0.15) is 0 Å². The van der Waals surface area contributed by atoms with Gasteiger partial charge in [-0.2, -0.15) is 0 Å². The van der Waals surface area contributed by atoms with Crippen LogP contribution in [0.5, 0.6) is 0 Å². The molecule has 4 nitrogen and oxygen atoms in total. The molecule has 0 unspecified atom stereocenters. The quantitative estimate of drug-likeness (QED) is 0.416. The topological polar surface area (TPSA) is 49.4 Å². The van der Waals surface area contributed by atoms with Crippen LogP contribution in [-0.4, -0.2) is 11.8 Å². The number of imide groups is 1. The Kier molecular flexibility index (Phi) is 4.01. The minimum atomic E-state index is -0.365. The second kappa shape index (κ2) is 6.98. The van der Waals surface area contributed by atoms with Gasteiger partial charge in [0.05, 0.1) is 17.5 Å². The van der Waals surface area contributed by atoms with E-state index in [2.05, 4.69) is 53.8 Å². The van der Waals surface area contributed by atoms with E-state index in [-0.39, 0.29) is 35.7 Å². The first-order chi connectivity index (χ1) is 16.2. The van der Waals surface area contributed by atoms with Crippen LogP contribution < -0.4 is 10.2 Å². The summed E-state index contributed by atoms with van der Waals surface area (Å²) < 4.78 is 0. The summed E-state index contributed by atoms with van der Waals surface area (Å²) in [5.74, 6) is -0.909. The first kappa shape index (κ1) is 19.0. The molecule has 0 spiro atoms. The largest absolute Gasteiger partial charge is 0.301 e. The van der Waals surface area contributed by atoms with Crippen LogP contribution in [0.4, 0.5) is 5.69 Å². The molecule has 5 heteroatoms. The number of anilines is 1. The summed E-state index contributed by atoms with van der Waals surface area (Å²) in [6, 6.07) is 29.8. The smallest absolute Gasteiger partial charge is 0.239 e. The van der Waals surface area contributed by atoms with Crippen LogP contribution in [0.1, 0.15) is 23.2 Å². The van der Waals surface area contributed by atoms with Gasteiger partial charge < -0.3 is 5.32 Å². The molecular weight excluding hydrogens is 428 g/mol. The Hall–Kier alpha value is -3.54. The SMILES string of the molecule is O=C1[C@@H]2[C@H](C(=O)N1c1ccccc1)[C@@H]1N[C@H]2c2c(-c3ccccc3)sc(-c3ccccc3)c21. The number of benzene rings is 3. The van der Waals surface area contributed by atoms with E-state index < -0.39 is 0 Å². The zero-order valence-corrected chi connectivity index (χ0v) is 18.5. The highest BCUT2D eigenvalue weighted by molar-refractivity contribution is 7.19. The molecule has 2 bridgehead atoms. The first-order valence-corrected chi connectivity index (χ1v) is 12.0. The number of para-hydroxylation sites is 1. The number of fused-ring (bicyclic) bond motifs is 8. The van der Waals surface area contributed by atoms with Gasteiger partial charge in [-0.15, -0.1) is 11.3 Å². The highest BCUT2D eigenvalue weighted by atomic mass is 32.1. The predicted molar refractivity (Wildman–Crippen MR) is 130 cm³/mol. The van der Waals surface area contributed by atoms with Crippen LogP contribution in [0.25, 0.3) is 20.9 Å². The van der Waals surface area contributed by atoms with Crippen molar-refractivity contribution in [3.05, 3.63) is 102 Å². The van der Waals surface area contributed by atoms with Crippen molar-refractivity contribution < 1.29 is 9.59 Å². The van der Waals surface area contributed by atoms with Crippen LogP contribution in [0.15, 0.2) is 91.0 Å². The molecule has 0 saturated carbocycles. The van der Waals surface area contributed by atoms with Crippen LogP contribution in [0, 0.1) is 11.8 Å². The Morgan fingerprint density at radius 1 is 0.606 bits per heavy atom. The van der Waals surface area contributed by atoms with Gasteiger partial charge >= 0.3 is 0 Å². The summed E-state index contributed by atoms with van der Waals surface area (Å²) in [5, 5.41) is 3.67. The molecule has 33 heavy (non-hydrogen) atoms. The van der Waals surface area contributed by atoms with Gasteiger partial charge in [0.25, 0.3) is 0 Å². The molecule has 0 radical (unpaired) electrons. The van der Waals surface area contributed by atoms with Crippen LogP contribution >= 0.6 is 11.3 Å². The van der Waals surface area contributed by atoms with Crippen molar-refractivity contribution in [2.24, 2.45) is 11.8 Å². The molecule has 4 aromatic rings. The first-order valence-electron chi connectivity index (χ1n) is 11.2. The Morgan fingerprint density at radius 3 is 1.48 bits per heavy atom. The normalized spacial score (nSPS) is 24.9. The van der Waals surface area contributed by atoms with Crippen molar-refractivity contribution in [2.45, 2.75) is 12.1 Å². The summed E-state index contributed by atoms with van der Waals surface area (Å²) in [6.07, 6.45) is 0. The third-order valence-corrected chi connectivity index (χ3v) is 8.49. The lowest BCUT2D eigenvalue weighted by molar-refractivity contribution is -0.123. The summed E-state index contributed by atoms with van der Waals surface area (Å²) >= 11 is 1.78. The van der Waals surface area contributed by atoms with Crippen LogP contribution in [0.3, 0.4) is 0 Å². The standard InChI is InChI=1S/C28H20N2O2S/c31-27-21-22(28(32)30(27)18-14-8-3-9-15-18)24-20-19(23(21)29-24)25(16-10-4-1-5-11-16)33-26(20)17-12-6-2-7-13-17/h1-15,21-24,29H/t21-,22+,23+,24-. The number of hydrogen-bond donors (Lipinski definition) is 1. The monoisotopic (exact) mass is 448 g/mol. The Labute approximate surface area is 195 Å². The van der Waals surface area contributed by atoms with E-state index in [1.54, 1.807) is 11.3 Å². The van der Waals surface area contributed by atoms with E-state index in [0.717, 1.165) is 11.1 Å². The van der Waals surface area contributed by atoms with E-state index in [9.17, 15) is 9.59 Å². The Balaban J connectivity index is 1.41. The van der Waals surface area contributed by atoms with Crippen molar-refractivity contribution >= 4 is 28.8 Å². The van der Waals surface area contributed by atoms with Gasteiger partial charge in [-0.25, -0.2) is 4.90 Å². The maximum atomic E-state index is 13.6. The molecule has 3 aromatic carbocycles. The molecule has 7 rings (SSSR count).